The first-order valence-corrected chi connectivity index (χ1v) is 11.6. The molecular weight excluding hydrogens is 462 g/mol. The molecule has 1 fully saturated rings. The van der Waals surface area contributed by atoms with Crippen LogP contribution in [-0.4, -0.2) is 36.9 Å². The number of hydrogen-bond donors (Lipinski definition) is 2. The molecule has 2 aliphatic heterocycles. The van der Waals surface area contributed by atoms with Crippen LogP contribution in [-0.2, 0) is 12.5 Å². The number of aromatic nitrogens is 1. The molecular formula is C27H24F2N6O. The summed E-state index contributed by atoms with van der Waals surface area (Å²) in [5.74, 6) is -2.30. The average Bonchev–Trinajstić information content (AvgIpc) is 3.17. The molecule has 7 nitrogen and oxygen atoms in total. The van der Waals surface area contributed by atoms with Gasteiger partial charge in [-0.1, -0.05) is 12.1 Å². The smallest absolute Gasteiger partial charge is 0.270 e. The summed E-state index contributed by atoms with van der Waals surface area (Å²) < 4.78 is 28.6. The molecule has 3 aromatic rings. The summed E-state index contributed by atoms with van der Waals surface area (Å²) in [4.78, 5) is 21.6. The minimum atomic E-state index is -3.08. The molecule has 0 radical (unpaired) electrons. The molecule has 2 N–H and O–H groups in total. The fraction of sp³-hybridized carbons (Fsp3) is 0.259. The number of alkyl halides is 2. The van der Waals surface area contributed by atoms with E-state index >= 15 is 0 Å². The maximum Gasteiger partial charge on any atom is 0.270 e. The van der Waals surface area contributed by atoms with Crippen LogP contribution in [0.5, 0.6) is 0 Å². The van der Waals surface area contributed by atoms with Gasteiger partial charge in [-0.25, -0.2) is 13.8 Å². The minimum absolute atomic E-state index is 0.0128. The van der Waals surface area contributed by atoms with E-state index in [0.717, 1.165) is 26.4 Å². The van der Waals surface area contributed by atoms with Crippen LogP contribution in [0, 0.1) is 16.7 Å². The highest BCUT2D eigenvalue weighted by Crippen LogP contribution is 2.39. The number of nitrogens with zero attached hydrogens (tertiary/aromatic N) is 4. The maximum atomic E-state index is 14.3. The van der Waals surface area contributed by atoms with E-state index < -0.39 is 5.92 Å². The molecule has 0 bridgehead atoms. The molecule has 1 amide bonds. The van der Waals surface area contributed by atoms with Gasteiger partial charge in [-0.05, 0) is 59.5 Å². The van der Waals surface area contributed by atoms with Crippen molar-refractivity contribution in [2.24, 2.45) is 0 Å². The molecule has 9 heteroatoms. The van der Waals surface area contributed by atoms with E-state index in [4.69, 9.17) is 10.4 Å². The van der Waals surface area contributed by atoms with Crippen LogP contribution < -0.4 is 15.1 Å². The Morgan fingerprint density at radius 3 is 2.53 bits per heavy atom. The molecule has 5 rings (SSSR count). The summed E-state index contributed by atoms with van der Waals surface area (Å²) in [7, 11) is 1.65. The maximum absolute atomic E-state index is 14.3. The highest BCUT2D eigenvalue weighted by atomic mass is 19.3. The zero-order valence-corrected chi connectivity index (χ0v) is 19.9. The van der Waals surface area contributed by atoms with Crippen LogP contribution in [0.4, 0.5) is 20.4 Å². The van der Waals surface area contributed by atoms with Gasteiger partial charge < -0.3 is 10.2 Å². The molecule has 2 aliphatic rings. The summed E-state index contributed by atoms with van der Waals surface area (Å²) >= 11 is 0. The molecule has 3 heterocycles. The lowest BCUT2D eigenvalue weighted by Gasteiger charge is -2.33. The Bertz CT molecular complexity index is 1440. The number of fused-ring (bicyclic) bond motifs is 1. The average molecular weight is 487 g/mol. The van der Waals surface area contributed by atoms with Crippen LogP contribution in [0.2, 0.25) is 0 Å². The topological polar surface area (TPSA) is 96.1 Å². The summed E-state index contributed by atoms with van der Waals surface area (Å²) in [5, 5.41) is 20.7. The molecule has 0 saturated carbocycles. The predicted molar refractivity (Wildman–Crippen MR) is 134 cm³/mol. The fourth-order valence-electron chi connectivity index (χ4n) is 4.64. The molecule has 0 atom stereocenters. The first kappa shape index (κ1) is 23.4. The van der Waals surface area contributed by atoms with E-state index in [-0.39, 0.29) is 29.4 Å². The number of amidine groups is 1. The highest BCUT2D eigenvalue weighted by molar-refractivity contribution is 6.10. The second-order valence-electron chi connectivity index (χ2n) is 9.02. The second kappa shape index (κ2) is 8.72. The predicted octanol–water partition coefficient (Wildman–Crippen LogP) is 4.65. The van der Waals surface area contributed by atoms with Crippen molar-refractivity contribution in [3.05, 3.63) is 76.3 Å². The first-order valence-electron chi connectivity index (χ1n) is 11.6. The van der Waals surface area contributed by atoms with Crippen LogP contribution in [0.25, 0.3) is 11.1 Å². The Morgan fingerprint density at radius 2 is 1.89 bits per heavy atom. The number of pyridine rings is 1. The molecule has 2 aromatic carbocycles. The third-order valence-corrected chi connectivity index (χ3v) is 6.67. The Hall–Kier alpha value is -4.32. The third kappa shape index (κ3) is 3.94. The molecule has 36 heavy (non-hydrogen) atoms. The Balaban J connectivity index is 1.66. The van der Waals surface area contributed by atoms with Gasteiger partial charge in [0.15, 0.2) is 0 Å². The van der Waals surface area contributed by atoms with Crippen molar-refractivity contribution in [1.29, 1.82) is 10.7 Å². The van der Waals surface area contributed by atoms with E-state index in [2.05, 4.69) is 16.3 Å². The highest BCUT2D eigenvalue weighted by Gasteiger charge is 2.37. The summed E-state index contributed by atoms with van der Waals surface area (Å²) in [6, 6.07) is 15.2. The lowest BCUT2D eigenvalue weighted by Crippen LogP contribution is -2.38. The second-order valence-corrected chi connectivity index (χ2v) is 9.02. The molecule has 0 aliphatic carbocycles. The zero-order valence-electron chi connectivity index (χ0n) is 19.9. The number of halogens is 2. The quantitative estimate of drug-likeness (QED) is 0.404. The van der Waals surface area contributed by atoms with Crippen molar-refractivity contribution in [2.75, 3.05) is 29.9 Å². The van der Waals surface area contributed by atoms with Crippen molar-refractivity contribution >= 4 is 23.4 Å². The van der Waals surface area contributed by atoms with Gasteiger partial charge in [-0.3, -0.25) is 15.1 Å². The Morgan fingerprint density at radius 1 is 1.14 bits per heavy atom. The number of anilines is 2. The van der Waals surface area contributed by atoms with Gasteiger partial charge in [0, 0.05) is 43.8 Å². The Labute approximate surface area is 207 Å². The number of hydrogen-bond acceptors (Lipinski definition) is 5. The van der Waals surface area contributed by atoms with Crippen LogP contribution in [0.1, 0.15) is 46.0 Å². The van der Waals surface area contributed by atoms with Gasteiger partial charge in [-0.15, -0.1) is 0 Å². The van der Waals surface area contributed by atoms with Gasteiger partial charge in [0.1, 0.15) is 17.5 Å². The van der Waals surface area contributed by atoms with Gasteiger partial charge in [0.2, 0.25) is 0 Å². The number of carbonyl (C=O) groups excluding carboxylic acids is 1. The first-order chi connectivity index (χ1) is 17.2. The molecule has 0 unspecified atom stereocenters. The van der Waals surface area contributed by atoms with Crippen molar-refractivity contribution in [3.8, 4) is 17.2 Å². The fourth-order valence-corrected chi connectivity index (χ4v) is 4.64. The van der Waals surface area contributed by atoms with Crippen LogP contribution >= 0.6 is 0 Å². The standard InChI is InChI=1S/C27H24F2N6O/c1-27(28,29)22-6-3-5-19-21(22)15-35(26(19)36)24-13-17(12-23(33-24)34-9-4-10-34)20-11-16(14-30)7-8-18(20)25(31)32-2/h3,5-8,11-13H,4,9-10,15H2,1-2H3,(H2,31,32). The van der Waals surface area contributed by atoms with Crippen molar-refractivity contribution in [2.45, 2.75) is 25.8 Å². The van der Waals surface area contributed by atoms with Crippen molar-refractivity contribution < 1.29 is 13.6 Å². The number of rotatable bonds is 5. The normalized spacial score (nSPS) is 14.8. The van der Waals surface area contributed by atoms with Gasteiger partial charge in [0.25, 0.3) is 11.8 Å². The lowest BCUT2D eigenvalue weighted by molar-refractivity contribution is 0.0166. The monoisotopic (exact) mass is 486 g/mol. The van der Waals surface area contributed by atoms with E-state index in [1.54, 1.807) is 37.4 Å². The number of carbonyl (C=O) groups is 1. The summed E-state index contributed by atoms with van der Waals surface area (Å²) in [6.45, 7) is 2.44. The summed E-state index contributed by atoms with van der Waals surface area (Å²) in [5.41, 5.74) is 2.73. The van der Waals surface area contributed by atoms with E-state index in [1.807, 2.05) is 6.07 Å². The third-order valence-electron chi connectivity index (χ3n) is 6.67. The van der Waals surface area contributed by atoms with E-state index in [0.29, 0.717) is 39.5 Å². The van der Waals surface area contributed by atoms with Gasteiger partial charge in [-0.2, -0.15) is 5.26 Å². The van der Waals surface area contributed by atoms with Crippen LogP contribution in [0.3, 0.4) is 0 Å². The molecule has 182 valence electrons. The van der Waals surface area contributed by atoms with Gasteiger partial charge in [0.05, 0.1) is 18.2 Å². The van der Waals surface area contributed by atoms with E-state index in [9.17, 15) is 18.8 Å². The lowest BCUT2D eigenvalue weighted by atomic mass is 9.96. The van der Waals surface area contributed by atoms with Gasteiger partial charge >= 0.3 is 0 Å². The number of amides is 1. The minimum Gasteiger partial charge on any atom is -0.373 e. The molecule has 0 spiro atoms. The SMILES string of the molecule is CNC(=N)c1ccc(C#N)cc1-c1cc(N2CCC2)nc(N2Cc3c(cccc3C(C)(F)F)C2=O)c1. The Kier molecular flexibility index (Phi) is 5.67. The molecule has 1 aromatic heterocycles. The summed E-state index contributed by atoms with van der Waals surface area (Å²) in [6.07, 6.45) is 1.02. The zero-order chi connectivity index (χ0) is 25.6. The van der Waals surface area contributed by atoms with Crippen molar-refractivity contribution in [3.63, 3.8) is 0 Å². The van der Waals surface area contributed by atoms with E-state index in [1.165, 1.54) is 17.0 Å². The number of nitriles is 1. The van der Waals surface area contributed by atoms with Crippen molar-refractivity contribution in [1.82, 2.24) is 10.3 Å². The molecule has 1 saturated heterocycles. The number of benzene rings is 2. The number of nitrogens with one attached hydrogen (secondary N) is 2. The largest absolute Gasteiger partial charge is 0.373 e. The van der Waals surface area contributed by atoms with Crippen LogP contribution in [0.15, 0.2) is 48.5 Å².